The number of likely N-dealkylation sites (tertiary alicyclic amines) is 2. The van der Waals surface area contributed by atoms with Gasteiger partial charge in [0, 0.05) is 68.1 Å². The third kappa shape index (κ3) is 16.1. The number of urea groups is 2. The lowest BCUT2D eigenvalue weighted by Gasteiger charge is -2.37. The normalized spacial score (nSPS) is 16.9. The average molecular weight is 1070 g/mol. The number of H-pyrrole nitrogens is 1. The van der Waals surface area contributed by atoms with Gasteiger partial charge in [0.1, 0.15) is 23.6 Å². The first-order chi connectivity index (χ1) is 37.1. The van der Waals surface area contributed by atoms with Gasteiger partial charge in [0.2, 0.25) is 5.82 Å². The molecule has 2 fully saturated rings. The van der Waals surface area contributed by atoms with Crippen LogP contribution in [0.3, 0.4) is 0 Å². The number of amides is 4. The molecule has 416 valence electrons. The molecule has 2 aliphatic heterocycles. The molecule has 9 rings (SSSR count). The first-order valence-corrected chi connectivity index (χ1v) is 26.2. The highest BCUT2D eigenvalue weighted by molar-refractivity contribution is 5.92. The topological polar surface area (TPSA) is 242 Å². The van der Waals surface area contributed by atoms with Gasteiger partial charge in [-0.25, -0.2) is 27.7 Å². The number of halogens is 2. The molecule has 5 heterocycles. The molecule has 4 amide bonds. The number of nitrogens with zero attached hydrogens (tertiary/aromatic N) is 11. The van der Waals surface area contributed by atoms with E-state index in [4.69, 9.17) is 0 Å². The minimum atomic E-state index is -0.740. The van der Waals surface area contributed by atoms with Crippen molar-refractivity contribution in [3.05, 3.63) is 138 Å². The Bertz CT molecular complexity index is 2950. The van der Waals surface area contributed by atoms with Crippen LogP contribution in [-0.4, -0.2) is 135 Å². The molecule has 77 heavy (non-hydrogen) atoms. The Morgan fingerprint density at radius 2 is 1.39 bits per heavy atom. The smallest absolute Gasteiger partial charge is 0.319 e. The molecule has 0 spiro atoms. The lowest BCUT2D eigenvalue weighted by molar-refractivity contribution is -0.121. The van der Waals surface area contributed by atoms with Gasteiger partial charge in [-0.05, 0) is 180 Å². The number of hydrogen-bond donors (Lipinski definition) is 6. The number of nitrogens with one attached hydrogen (secondary N) is 5. The Labute approximate surface area is 453 Å². The van der Waals surface area contributed by atoms with E-state index in [-0.39, 0.29) is 42.7 Å². The highest BCUT2D eigenvalue weighted by Crippen LogP contribution is 2.31. The summed E-state index contributed by atoms with van der Waals surface area (Å²) < 4.78 is 29.6. The molecule has 0 radical (unpaired) electrons. The molecular weight excluding hydrogens is 987 g/mol. The maximum absolute atomic E-state index is 13.2. The van der Waals surface area contributed by atoms with Crippen LogP contribution in [0.5, 0.6) is 0 Å². The first kappa shape index (κ1) is 55.4. The maximum atomic E-state index is 13.2. The minimum absolute atomic E-state index is 0. The molecule has 0 bridgehead atoms. The van der Waals surface area contributed by atoms with Crippen LogP contribution >= 0.6 is 0 Å². The van der Waals surface area contributed by atoms with E-state index in [1.807, 2.05) is 57.2 Å². The zero-order chi connectivity index (χ0) is 54.3. The van der Waals surface area contributed by atoms with Gasteiger partial charge in [0.25, 0.3) is 0 Å². The van der Waals surface area contributed by atoms with E-state index >= 15 is 0 Å². The van der Waals surface area contributed by atoms with Gasteiger partial charge in [-0.1, -0.05) is 34.7 Å². The van der Waals surface area contributed by atoms with Crippen molar-refractivity contribution < 1.29 is 35.4 Å². The summed E-state index contributed by atoms with van der Waals surface area (Å²) in [7, 11) is 0. The van der Waals surface area contributed by atoms with Gasteiger partial charge in [-0.3, -0.25) is 9.69 Å². The van der Waals surface area contributed by atoms with E-state index < -0.39 is 11.6 Å². The summed E-state index contributed by atoms with van der Waals surface area (Å²) >= 11 is 0. The van der Waals surface area contributed by atoms with Crippen LogP contribution in [0.4, 0.5) is 29.7 Å². The SMILES string of the molecule is CC(=O)C(C)(C)c1cc(NC(=O)NCCCN2CCC[C@@H](Cc3ccc(F)cc3)C2)cc(-c2nn[nH]n2)c1.C[C@H](C[C@@H](O)N1CCC[C@@H](Cc2ccc(F)cc2)C1)NC(=O)Nc1cc(-n2ccnn2)cc(-n2ccnn2)c1.[HH].[HH].[HH].[HH].[HH]. The third-order valence-electron chi connectivity index (χ3n) is 14.3. The average Bonchev–Trinajstić information content (AvgIpc) is 4.39. The monoisotopic (exact) mass is 1060 g/mol. The molecule has 6 N–H and O–H groups in total. The molecule has 3 aromatic heterocycles. The number of piperidine rings is 2. The van der Waals surface area contributed by atoms with Crippen molar-refractivity contribution in [1.82, 2.24) is 71.0 Å². The van der Waals surface area contributed by atoms with Crippen molar-refractivity contribution in [2.24, 2.45) is 11.8 Å². The number of Topliss-reactive ketones (excluding diaryl/α,β-unsaturated/α-hetero) is 1. The predicted octanol–water partition coefficient (Wildman–Crippen LogP) is 8.73. The van der Waals surface area contributed by atoms with E-state index in [1.165, 1.54) is 36.2 Å². The van der Waals surface area contributed by atoms with Crippen LogP contribution in [0.15, 0.2) is 110 Å². The summed E-state index contributed by atoms with van der Waals surface area (Å²) in [5, 5.41) is 52.4. The molecular formula is C55H78F2N16O4. The number of hydrogen-bond acceptors (Lipinski definition) is 13. The second kappa shape index (κ2) is 26.3. The van der Waals surface area contributed by atoms with E-state index in [2.05, 4.69) is 72.3 Å². The number of carbonyl (C=O) groups excluding carboxylic acids is 3. The number of ketones is 1. The van der Waals surface area contributed by atoms with Gasteiger partial charge >= 0.3 is 12.1 Å². The zero-order valence-electron chi connectivity index (χ0n) is 43.9. The summed E-state index contributed by atoms with van der Waals surface area (Å²) in [5.41, 5.74) is 5.42. The lowest BCUT2D eigenvalue weighted by Crippen LogP contribution is -2.47. The van der Waals surface area contributed by atoms with Crippen molar-refractivity contribution in [3.8, 4) is 22.8 Å². The largest absolute Gasteiger partial charge is 0.378 e. The van der Waals surface area contributed by atoms with Crippen molar-refractivity contribution in [2.75, 3.05) is 49.9 Å². The first-order valence-electron chi connectivity index (χ1n) is 26.2. The van der Waals surface area contributed by atoms with E-state index in [0.29, 0.717) is 58.9 Å². The fraction of sp³-hybridized carbons (Fsp3) is 0.418. The van der Waals surface area contributed by atoms with Crippen molar-refractivity contribution in [2.45, 2.75) is 96.7 Å². The molecule has 22 heteroatoms. The standard InChI is InChI=1S/C28H36FN7O2.C27H32FN9O2.5H2/c1-19(37)28(2,3)23-15-22(26-32-34-35-33-26)16-25(17-23)31-27(38)30-11-5-13-36-12-4-6-21(18-36)14-20-7-9-24(29)10-8-20;1-19(13-26(38)35-10-2-3-21(18-35)14-20-4-6-22(28)7-5-20)31-27(39)32-23-15-24(36-11-8-29-33-36)17-25(16-23)37-12-9-30-34-37;;;;;/h7-10,15-17,21H,4-6,11-14,18H2,1-3H3,(H2,30,31,38)(H,32,33,34,35);4-9,11-12,15-17,19,21,26,38H,2-3,10,13-14,18H2,1H3,(H2,31,32,39);5*1H/t21-;19-,21+,26-;;;;;/m01...../s1. The van der Waals surface area contributed by atoms with Crippen LogP contribution in [0.1, 0.15) is 90.0 Å². The van der Waals surface area contributed by atoms with Crippen molar-refractivity contribution in [3.63, 3.8) is 0 Å². The number of carbonyl (C=O) groups is 3. The Kier molecular flexibility index (Phi) is 18.9. The summed E-state index contributed by atoms with van der Waals surface area (Å²) in [6, 6.07) is 23.3. The van der Waals surface area contributed by atoms with E-state index in [0.717, 1.165) is 82.4 Å². The number of anilines is 2. The number of aromatic nitrogens is 10. The number of aromatic amines is 1. The Hall–Kier alpha value is -7.82. The number of aliphatic hydroxyl groups excluding tert-OH is 1. The van der Waals surface area contributed by atoms with Crippen LogP contribution in [0, 0.1) is 23.5 Å². The Balaban J connectivity index is 0.000000406. The molecule has 2 saturated heterocycles. The Morgan fingerprint density at radius 3 is 1.97 bits per heavy atom. The van der Waals surface area contributed by atoms with Gasteiger partial charge in [0.05, 0.1) is 36.2 Å². The van der Waals surface area contributed by atoms with Crippen LogP contribution < -0.4 is 21.3 Å². The van der Waals surface area contributed by atoms with Crippen molar-refractivity contribution >= 4 is 29.2 Å². The highest BCUT2D eigenvalue weighted by atomic mass is 19.1. The molecule has 7 aromatic rings. The molecule has 0 unspecified atom stereocenters. The number of benzene rings is 4. The quantitative estimate of drug-likeness (QED) is 0.0416. The predicted molar refractivity (Wildman–Crippen MR) is 298 cm³/mol. The minimum Gasteiger partial charge on any atom is -0.378 e. The highest BCUT2D eigenvalue weighted by Gasteiger charge is 2.29. The molecule has 0 aliphatic carbocycles. The van der Waals surface area contributed by atoms with Crippen LogP contribution in [0.2, 0.25) is 0 Å². The molecule has 2 aliphatic rings. The second-order valence-electron chi connectivity index (χ2n) is 20.6. The summed E-state index contributed by atoms with van der Waals surface area (Å²) in [4.78, 5) is 42.3. The summed E-state index contributed by atoms with van der Waals surface area (Å²) in [6.45, 7) is 12.2. The maximum Gasteiger partial charge on any atom is 0.319 e. The van der Waals surface area contributed by atoms with Gasteiger partial charge in [-0.2, -0.15) is 5.21 Å². The van der Waals surface area contributed by atoms with Crippen molar-refractivity contribution in [1.29, 1.82) is 0 Å². The lowest BCUT2D eigenvalue weighted by atomic mass is 9.80. The molecule has 0 saturated carbocycles. The Morgan fingerprint density at radius 1 is 0.792 bits per heavy atom. The molecule has 20 nitrogen and oxygen atoms in total. The number of rotatable bonds is 19. The van der Waals surface area contributed by atoms with E-state index in [1.54, 1.807) is 65.3 Å². The zero-order valence-corrected chi connectivity index (χ0v) is 43.9. The van der Waals surface area contributed by atoms with Gasteiger partial charge < -0.3 is 31.3 Å². The molecule has 4 aromatic carbocycles. The molecule has 4 atom stereocenters. The number of aliphatic hydroxyl groups is 1. The number of tetrazole rings is 1. The van der Waals surface area contributed by atoms with E-state index in [9.17, 15) is 28.3 Å². The summed E-state index contributed by atoms with van der Waals surface area (Å²) in [6.07, 6.45) is 13.3. The fourth-order valence-corrected chi connectivity index (χ4v) is 9.86. The van der Waals surface area contributed by atoms with Gasteiger partial charge in [0.15, 0.2) is 0 Å². The fourth-order valence-electron chi connectivity index (χ4n) is 9.86. The van der Waals surface area contributed by atoms with Crippen LogP contribution in [0.25, 0.3) is 22.8 Å². The summed E-state index contributed by atoms with van der Waals surface area (Å²) in [5.74, 6) is 0.913. The van der Waals surface area contributed by atoms with Gasteiger partial charge in [-0.15, -0.1) is 20.4 Å². The van der Waals surface area contributed by atoms with Crippen LogP contribution in [-0.2, 0) is 23.1 Å². The third-order valence-corrected chi connectivity index (χ3v) is 14.3. The second-order valence-corrected chi connectivity index (χ2v) is 20.6.